The van der Waals surface area contributed by atoms with Crippen LogP contribution < -0.4 is 9.46 Å². The molecule has 0 spiro atoms. The van der Waals surface area contributed by atoms with Gasteiger partial charge < -0.3 is 5.11 Å². The molecule has 2 rings (SSSR count). The standard InChI is InChI=1S/C7H7NO3.C7H10NO/c9-7(10)5-6-1-3-8(11)4-2-6;1-2-7-3-5-8(9)6-4-7/h1-4H,5H2,(H-,9,10,11);3-6,9H,2H2,1H3/q;+1/p+1. The van der Waals surface area contributed by atoms with Gasteiger partial charge in [0.1, 0.15) is 0 Å². The summed E-state index contributed by atoms with van der Waals surface area (Å²) < 4.78 is 1.91. The number of aromatic nitrogens is 2. The van der Waals surface area contributed by atoms with Crippen molar-refractivity contribution in [1.29, 1.82) is 0 Å². The van der Waals surface area contributed by atoms with Crippen molar-refractivity contribution in [3.8, 4) is 0 Å². The highest BCUT2D eigenvalue weighted by molar-refractivity contribution is 5.69. The number of aryl methyl sites for hydroxylation is 1. The van der Waals surface area contributed by atoms with Gasteiger partial charge in [-0.3, -0.25) is 15.2 Å². The third kappa shape index (κ3) is 5.81. The first-order chi connectivity index (χ1) is 9.51. The Bertz CT molecular complexity index is 538. The minimum absolute atomic E-state index is 0.0131. The van der Waals surface area contributed by atoms with Crippen molar-refractivity contribution in [2.45, 2.75) is 19.8 Å². The topological polar surface area (TPSA) is 85.5 Å². The van der Waals surface area contributed by atoms with Gasteiger partial charge in [0.2, 0.25) is 24.8 Å². The van der Waals surface area contributed by atoms with Gasteiger partial charge in [-0.15, -0.1) is 0 Å². The van der Waals surface area contributed by atoms with Crippen molar-refractivity contribution in [3.63, 3.8) is 0 Å². The molecule has 6 heteroatoms. The van der Waals surface area contributed by atoms with Crippen LogP contribution in [0.2, 0.25) is 0 Å². The molecule has 0 radical (unpaired) electrons. The summed E-state index contributed by atoms with van der Waals surface area (Å²) in [6.07, 6.45) is 7.02. The number of carbonyl (C=O) groups is 1. The third-order valence-electron chi connectivity index (χ3n) is 2.53. The number of rotatable bonds is 3. The molecule has 106 valence electrons. The molecule has 0 aromatic carbocycles. The van der Waals surface area contributed by atoms with E-state index in [4.69, 9.17) is 15.5 Å². The molecule has 2 heterocycles. The predicted octanol–water partition coefficient (Wildman–Crippen LogP) is 0.612. The maximum absolute atomic E-state index is 10.2. The number of aliphatic carboxylic acids is 1. The molecule has 0 saturated heterocycles. The number of pyridine rings is 2. The summed E-state index contributed by atoms with van der Waals surface area (Å²) in [5.41, 5.74) is 1.91. The van der Waals surface area contributed by atoms with Gasteiger partial charge in [-0.2, -0.15) is 0 Å². The minimum atomic E-state index is -0.874. The highest BCUT2D eigenvalue weighted by atomic mass is 16.5. The molecule has 0 amide bonds. The van der Waals surface area contributed by atoms with Crippen LogP contribution in [-0.4, -0.2) is 21.5 Å². The average Bonchev–Trinajstić information content (AvgIpc) is 2.43. The van der Waals surface area contributed by atoms with Crippen LogP contribution in [0.3, 0.4) is 0 Å². The van der Waals surface area contributed by atoms with Gasteiger partial charge in [0.25, 0.3) is 0 Å². The predicted molar refractivity (Wildman–Crippen MR) is 68.4 cm³/mol. The van der Waals surface area contributed by atoms with Crippen molar-refractivity contribution < 1.29 is 29.8 Å². The fourth-order valence-corrected chi connectivity index (χ4v) is 1.43. The Hall–Kier alpha value is -2.63. The van der Waals surface area contributed by atoms with Crippen molar-refractivity contribution in [2.75, 3.05) is 0 Å². The van der Waals surface area contributed by atoms with E-state index in [0.29, 0.717) is 5.56 Å². The lowest BCUT2D eigenvalue weighted by Crippen LogP contribution is -2.28. The van der Waals surface area contributed by atoms with Gasteiger partial charge in [-0.05, 0) is 17.5 Å². The molecule has 20 heavy (non-hydrogen) atoms. The largest absolute Gasteiger partial charge is 0.481 e. The molecule has 0 unspecified atom stereocenters. The van der Waals surface area contributed by atoms with Crippen molar-refractivity contribution in [1.82, 2.24) is 0 Å². The zero-order valence-corrected chi connectivity index (χ0v) is 11.2. The van der Waals surface area contributed by atoms with Crippen molar-refractivity contribution in [3.05, 3.63) is 60.2 Å². The van der Waals surface area contributed by atoms with Gasteiger partial charge in [0.05, 0.1) is 6.42 Å². The SMILES string of the molecule is CCc1cc[n+](O)cc1.O=C(O)Cc1cc[n+](O)cc1. The van der Waals surface area contributed by atoms with Crippen LogP contribution in [0.15, 0.2) is 49.1 Å². The van der Waals surface area contributed by atoms with Crippen LogP contribution >= 0.6 is 0 Å². The number of hydrogen-bond acceptors (Lipinski definition) is 3. The van der Waals surface area contributed by atoms with Gasteiger partial charge in [0, 0.05) is 33.7 Å². The zero-order chi connectivity index (χ0) is 15.0. The molecule has 0 atom stereocenters. The molecule has 0 aliphatic heterocycles. The van der Waals surface area contributed by atoms with E-state index in [9.17, 15) is 4.79 Å². The van der Waals surface area contributed by atoms with E-state index >= 15 is 0 Å². The first-order valence-electron chi connectivity index (χ1n) is 6.12. The molecule has 0 aliphatic rings. The summed E-state index contributed by atoms with van der Waals surface area (Å²) in [5.74, 6) is -0.874. The molecule has 0 bridgehead atoms. The minimum Gasteiger partial charge on any atom is -0.481 e. The zero-order valence-electron chi connectivity index (χ0n) is 11.2. The monoisotopic (exact) mass is 278 g/mol. The van der Waals surface area contributed by atoms with Crippen molar-refractivity contribution >= 4 is 5.97 Å². The molecular weight excluding hydrogens is 260 g/mol. The Morgan fingerprint density at radius 1 is 0.950 bits per heavy atom. The second-order valence-corrected chi connectivity index (χ2v) is 4.10. The van der Waals surface area contributed by atoms with E-state index in [1.807, 2.05) is 12.1 Å². The second kappa shape index (κ2) is 7.73. The maximum atomic E-state index is 10.2. The number of hydrogen-bond donors (Lipinski definition) is 3. The van der Waals surface area contributed by atoms with Crippen LogP contribution in [0.25, 0.3) is 0 Å². The van der Waals surface area contributed by atoms with E-state index in [0.717, 1.165) is 15.9 Å². The Kier molecular flexibility index (Phi) is 5.96. The molecule has 2 aromatic rings. The quantitative estimate of drug-likeness (QED) is 0.567. The summed E-state index contributed by atoms with van der Waals surface area (Å²) >= 11 is 0. The van der Waals surface area contributed by atoms with E-state index in [1.54, 1.807) is 24.5 Å². The lowest BCUT2D eigenvalue weighted by atomic mass is 10.2. The highest BCUT2D eigenvalue weighted by Gasteiger charge is 2.01. The summed E-state index contributed by atoms with van der Waals surface area (Å²) in [4.78, 5) is 10.2. The van der Waals surface area contributed by atoms with Crippen LogP contribution in [0.4, 0.5) is 0 Å². The van der Waals surface area contributed by atoms with Crippen molar-refractivity contribution in [2.24, 2.45) is 0 Å². The van der Waals surface area contributed by atoms with Gasteiger partial charge in [0.15, 0.2) is 0 Å². The Labute approximate surface area is 116 Å². The fourth-order valence-electron chi connectivity index (χ4n) is 1.43. The molecule has 6 nitrogen and oxygen atoms in total. The number of nitrogens with zero attached hydrogens (tertiary/aromatic N) is 2. The molecule has 0 saturated carbocycles. The number of carboxylic acids is 1. The molecular formula is C14H18N2O4+2. The van der Waals surface area contributed by atoms with E-state index < -0.39 is 5.97 Å². The van der Waals surface area contributed by atoms with Crippen LogP contribution in [0.5, 0.6) is 0 Å². The number of carboxylic acid groups (broad SMARTS) is 1. The van der Waals surface area contributed by atoms with Crippen LogP contribution in [-0.2, 0) is 17.6 Å². The smallest absolute Gasteiger partial charge is 0.307 e. The first kappa shape index (κ1) is 15.4. The lowest BCUT2D eigenvalue weighted by Gasteiger charge is -1.91. The Morgan fingerprint density at radius 3 is 1.70 bits per heavy atom. The van der Waals surface area contributed by atoms with Crippen LogP contribution in [0.1, 0.15) is 18.1 Å². The van der Waals surface area contributed by atoms with Gasteiger partial charge in [-0.25, -0.2) is 0 Å². The van der Waals surface area contributed by atoms with E-state index in [2.05, 4.69) is 6.92 Å². The molecule has 0 fully saturated rings. The van der Waals surface area contributed by atoms with Gasteiger partial charge >= 0.3 is 5.97 Å². The summed E-state index contributed by atoms with van der Waals surface area (Å²) in [7, 11) is 0. The normalized spacial score (nSPS) is 9.45. The van der Waals surface area contributed by atoms with E-state index in [-0.39, 0.29) is 6.42 Å². The third-order valence-corrected chi connectivity index (χ3v) is 2.53. The van der Waals surface area contributed by atoms with Crippen LogP contribution in [0, 0.1) is 0 Å². The molecule has 2 aromatic heterocycles. The Balaban J connectivity index is 0.000000204. The Morgan fingerprint density at radius 2 is 1.35 bits per heavy atom. The lowest BCUT2D eigenvalue weighted by molar-refractivity contribution is -0.904. The summed E-state index contributed by atoms with van der Waals surface area (Å²) in [6.45, 7) is 2.08. The highest BCUT2D eigenvalue weighted by Crippen LogP contribution is 1.95. The summed E-state index contributed by atoms with van der Waals surface area (Å²) in [6, 6.07) is 6.88. The molecule has 3 N–H and O–H groups in total. The molecule has 0 aliphatic carbocycles. The second-order valence-electron chi connectivity index (χ2n) is 4.10. The van der Waals surface area contributed by atoms with Gasteiger partial charge in [-0.1, -0.05) is 6.92 Å². The maximum Gasteiger partial charge on any atom is 0.307 e. The fraction of sp³-hybridized carbons (Fsp3) is 0.214. The summed E-state index contributed by atoms with van der Waals surface area (Å²) in [5, 5.41) is 25.9. The van der Waals surface area contributed by atoms with E-state index in [1.165, 1.54) is 18.0 Å². The first-order valence-corrected chi connectivity index (χ1v) is 6.12. The average molecular weight is 278 g/mol.